The van der Waals surface area contributed by atoms with Gasteiger partial charge in [0.05, 0.1) is 26.9 Å². The second-order valence-corrected chi connectivity index (χ2v) is 6.03. The lowest BCUT2D eigenvalue weighted by molar-refractivity contribution is -0.104. The average molecular weight is 356 g/mol. The molecule has 0 aromatic heterocycles. The Hall–Kier alpha value is -2.83. The molecule has 2 aromatic rings. The van der Waals surface area contributed by atoms with Gasteiger partial charge in [-0.1, -0.05) is 12.1 Å². The Kier molecular flexibility index (Phi) is 4.97. The third-order valence-electron chi connectivity index (χ3n) is 4.66. The van der Waals surface area contributed by atoms with Crippen molar-refractivity contribution in [2.24, 2.45) is 0 Å². The summed E-state index contributed by atoms with van der Waals surface area (Å²) in [5.41, 5.74) is 3.23. The number of aldehydes is 1. The number of carbonyl (C=O) groups excluding carboxylic acids is 1. The van der Waals surface area contributed by atoms with E-state index in [0.29, 0.717) is 39.9 Å². The number of aliphatic hydroxyl groups is 2. The van der Waals surface area contributed by atoms with Crippen LogP contribution < -0.4 is 9.47 Å². The van der Waals surface area contributed by atoms with E-state index in [0.717, 1.165) is 0 Å². The number of hydrogen-bond acceptors (Lipinski definition) is 6. The van der Waals surface area contributed by atoms with Crippen molar-refractivity contribution in [3.05, 3.63) is 47.0 Å². The zero-order valence-corrected chi connectivity index (χ0v) is 14.5. The number of rotatable bonds is 5. The zero-order valence-electron chi connectivity index (χ0n) is 14.5. The number of fused-ring (bicyclic) bond motifs is 3. The van der Waals surface area contributed by atoms with E-state index in [1.54, 1.807) is 24.3 Å². The molecule has 136 valence electrons. The number of allylic oxidation sites excluding steroid dienone is 1. The Morgan fingerprint density at radius 3 is 2.42 bits per heavy atom. The predicted molar refractivity (Wildman–Crippen MR) is 96.5 cm³/mol. The molecule has 0 aliphatic heterocycles. The van der Waals surface area contributed by atoms with E-state index >= 15 is 0 Å². The first kappa shape index (κ1) is 18.0. The van der Waals surface area contributed by atoms with Crippen LogP contribution in [0.4, 0.5) is 0 Å². The van der Waals surface area contributed by atoms with E-state index in [9.17, 15) is 20.1 Å². The SMILES string of the molecule is COc1cc2c(cc1O)-c1c(OC)cc(/C=C/C=O)cc1[C@H](CO)[C@H]2O. The van der Waals surface area contributed by atoms with Crippen molar-refractivity contribution in [1.82, 2.24) is 0 Å². The molecule has 0 amide bonds. The maximum atomic E-state index is 10.8. The van der Waals surface area contributed by atoms with Crippen LogP contribution in [0.1, 0.15) is 28.7 Å². The van der Waals surface area contributed by atoms with Crippen LogP contribution in [0.3, 0.4) is 0 Å². The Labute approximate surface area is 150 Å². The molecule has 2 atom stereocenters. The van der Waals surface area contributed by atoms with Crippen LogP contribution in [0.5, 0.6) is 17.2 Å². The van der Waals surface area contributed by atoms with Gasteiger partial charge in [-0.3, -0.25) is 4.79 Å². The summed E-state index contributed by atoms with van der Waals surface area (Å²) < 4.78 is 10.7. The van der Waals surface area contributed by atoms with Gasteiger partial charge < -0.3 is 24.8 Å². The summed E-state index contributed by atoms with van der Waals surface area (Å²) in [6, 6.07) is 6.65. The molecule has 0 saturated heterocycles. The van der Waals surface area contributed by atoms with Crippen molar-refractivity contribution in [2.75, 3.05) is 20.8 Å². The lowest BCUT2D eigenvalue weighted by Gasteiger charge is -2.33. The van der Waals surface area contributed by atoms with Gasteiger partial charge in [-0.05, 0) is 46.5 Å². The maximum Gasteiger partial charge on any atom is 0.160 e. The summed E-state index contributed by atoms with van der Waals surface area (Å²) in [5, 5.41) is 30.9. The Morgan fingerprint density at radius 2 is 1.81 bits per heavy atom. The zero-order chi connectivity index (χ0) is 18.8. The van der Waals surface area contributed by atoms with Crippen molar-refractivity contribution in [3.8, 4) is 28.4 Å². The number of hydrogen-bond donors (Lipinski definition) is 3. The highest BCUT2D eigenvalue weighted by molar-refractivity contribution is 5.84. The largest absolute Gasteiger partial charge is 0.504 e. The predicted octanol–water partition coefficient (Wildman–Crippen LogP) is 2.41. The van der Waals surface area contributed by atoms with Crippen molar-refractivity contribution in [2.45, 2.75) is 12.0 Å². The van der Waals surface area contributed by atoms with Gasteiger partial charge in [-0.25, -0.2) is 0 Å². The summed E-state index contributed by atoms with van der Waals surface area (Å²) in [6.45, 7) is -0.277. The van der Waals surface area contributed by atoms with Crippen LogP contribution in [-0.4, -0.2) is 42.4 Å². The van der Waals surface area contributed by atoms with E-state index in [4.69, 9.17) is 9.47 Å². The molecule has 6 nitrogen and oxygen atoms in total. The fraction of sp³-hybridized carbons (Fsp3) is 0.250. The smallest absolute Gasteiger partial charge is 0.160 e. The second-order valence-electron chi connectivity index (χ2n) is 6.03. The highest BCUT2D eigenvalue weighted by Crippen LogP contribution is 2.52. The molecule has 0 unspecified atom stereocenters. The monoisotopic (exact) mass is 356 g/mol. The van der Waals surface area contributed by atoms with Crippen molar-refractivity contribution in [3.63, 3.8) is 0 Å². The Morgan fingerprint density at radius 1 is 1.08 bits per heavy atom. The lowest BCUT2D eigenvalue weighted by atomic mass is 9.75. The first-order valence-corrected chi connectivity index (χ1v) is 8.09. The molecule has 0 saturated carbocycles. The van der Waals surface area contributed by atoms with Gasteiger partial charge in [0.15, 0.2) is 11.5 Å². The molecule has 1 aliphatic rings. The number of aliphatic hydroxyl groups excluding tert-OH is 2. The molecular weight excluding hydrogens is 336 g/mol. The number of carbonyl (C=O) groups is 1. The number of ether oxygens (including phenoxy) is 2. The molecule has 0 radical (unpaired) electrons. The molecule has 3 N–H and O–H groups in total. The summed E-state index contributed by atoms with van der Waals surface area (Å²) in [4.78, 5) is 10.6. The van der Waals surface area contributed by atoms with Crippen LogP contribution in [0.25, 0.3) is 17.2 Å². The van der Waals surface area contributed by atoms with E-state index in [1.807, 2.05) is 0 Å². The summed E-state index contributed by atoms with van der Waals surface area (Å²) in [6.07, 6.45) is 2.67. The highest BCUT2D eigenvalue weighted by Gasteiger charge is 2.35. The highest BCUT2D eigenvalue weighted by atomic mass is 16.5. The Bertz CT molecular complexity index is 871. The molecule has 0 bridgehead atoms. The van der Waals surface area contributed by atoms with Crippen LogP contribution >= 0.6 is 0 Å². The molecular formula is C20H20O6. The van der Waals surface area contributed by atoms with Gasteiger partial charge in [0.2, 0.25) is 0 Å². The molecule has 2 aromatic carbocycles. The summed E-state index contributed by atoms with van der Waals surface area (Å²) in [5.74, 6) is 0.126. The van der Waals surface area contributed by atoms with E-state index in [-0.39, 0.29) is 18.1 Å². The number of benzene rings is 2. The molecule has 0 spiro atoms. The molecule has 26 heavy (non-hydrogen) atoms. The molecule has 0 fully saturated rings. The van der Waals surface area contributed by atoms with E-state index in [1.165, 1.54) is 26.4 Å². The standard InChI is InChI=1S/C20H20O6/c1-25-17-9-14-13(8-16(17)23)19-12(15(10-22)20(14)24)6-11(4-3-5-21)7-18(19)26-2/h3-9,15,20,22-24H,10H2,1-2H3/b4-3+/t15-,20-/m0/s1. The topological polar surface area (TPSA) is 96.2 Å². The second kappa shape index (κ2) is 7.19. The van der Waals surface area contributed by atoms with Gasteiger partial charge in [-0.15, -0.1) is 0 Å². The van der Waals surface area contributed by atoms with Crippen LogP contribution in [0.15, 0.2) is 30.3 Å². The van der Waals surface area contributed by atoms with Crippen LogP contribution in [-0.2, 0) is 4.79 Å². The normalized spacial score (nSPS) is 18.3. The molecule has 0 heterocycles. The van der Waals surface area contributed by atoms with Crippen molar-refractivity contribution < 1.29 is 29.6 Å². The minimum Gasteiger partial charge on any atom is -0.504 e. The van der Waals surface area contributed by atoms with Crippen LogP contribution in [0.2, 0.25) is 0 Å². The number of aromatic hydroxyl groups is 1. The third kappa shape index (κ3) is 2.83. The summed E-state index contributed by atoms with van der Waals surface area (Å²) in [7, 11) is 2.95. The average Bonchev–Trinajstić information content (AvgIpc) is 2.65. The first-order chi connectivity index (χ1) is 12.5. The lowest BCUT2D eigenvalue weighted by Crippen LogP contribution is -2.21. The number of phenols is 1. The van der Waals surface area contributed by atoms with Gasteiger partial charge in [0.1, 0.15) is 12.0 Å². The van der Waals surface area contributed by atoms with Gasteiger partial charge in [0.25, 0.3) is 0 Å². The number of methoxy groups -OCH3 is 2. The van der Waals surface area contributed by atoms with Crippen LogP contribution in [0, 0.1) is 0 Å². The fourth-order valence-electron chi connectivity index (χ4n) is 3.44. The van der Waals surface area contributed by atoms with Gasteiger partial charge in [-0.2, -0.15) is 0 Å². The van der Waals surface area contributed by atoms with Crippen molar-refractivity contribution >= 4 is 12.4 Å². The minimum atomic E-state index is -0.980. The third-order valence-corrected chi connectivity index (χ3v) is 4.66. The first-order valence-electron chi connectivity index (χ1n) is 8.09. The quantitative estimate of drug-likeness (QED) is 0.562. The van der Waals surface area contributed by atoms with Gasteiger partial charge in [0, 0.05) is 11.5 Å². The maximum absolute atomic E-state index is 10.8. The van der Waals surface area contributed by atoms with E-state index in [2.05, 4.69) is 0 Å². The summed E-state index contributed by atoms with van der Waals surface area (Å²) >= 11 is 0. The van der Waals surface area contributed by atoms with Gasteiger partial charge >= 0.3 is 0 Å². The van der Waals surface area contributed by atoms with Crippen molar-refractivity contribution in [1.29, 1.82) is 0 Å². The molecule has 6 heteroatoms. The molecule has 1 aliphatic carbocycles. The fourth-order valence-corrected chi connectivity index (χ4v) is 3.44. The minimum absolute atomic E-state index is 0.0566. The molecule has 3 rings (SSSR count). The Balaban J connectivity index is 2.33. The van der Waals surface area contributed by atoms with E-state index < -0.39 is 12.0 Å². The number of phenolic OH excluding ortho intramolecular Hbond substituents is 1.